The molecule has 0 bridgehead atoms. The zero-order valence-electron chi connectivity index (χ0n) is 8.67. The summed E-state index contributed by atoms with van der Waals surface area (Å²) in [6, 6.07) is 7.70. The molecule has 0 heterocycles. The Balaban J connectivity index is 2.42. The van der Waals surface area contributed by atoms with E-state index in [0.29, 0.717) is 10.6 Å². The van der Waals surface area contributed by atoms with Gasteiger partial charge >= 0.3 is 6.18 Å². The van der Waals surface area contributed by atoms with Crippen molar-refractivity contribution in [2.75, 3.05) is 6.61 Å². The Hall–Kier alpha value is -1.25. The fraction of sp³-hybridized carbons (Fsp3) is 0.364. The first-order chi connectivity index (χ1) is 7.93. The molecule has 0 saturated carbocycles. The Labute approximate surface area is 102 Å². The van der Waals surface area contributed by atoms with Crippen molar-refractivity contribution in [1.82, 2.24) is 0 Å². The minimum Gasteiger partial charge on any atom is -0.375 e. The summed E-state index contributed by atoms with van der Waals surface area (Å²) in [4.78, 5) is 0. The van der Waals surface area contributed by atoms with Crippen LogP contribution in [0, 0.1) is 17.2 Å². The van der Waals surface area contributed by atoms with Gasteiger partial charge in [0.2, 0.25) is 0 Å². The first-order valence-corrected chi connectivity index (χ1v) is 5.10. The van der Waals surface area contributed by atoms with E-state index in [1.54, 1.807) is 24.3 Å². The van der Waals surface area contributed by atoms with Gasteiger partial charge in [-0.15, -0.1) is 0 Å². The summed E-state index contributed by atoms with van der Waals surface area (Å²) in [5.74, 6) is -2.09. The van der Waals surface area contributed by atoms with Crippen LogP contribution < -0.4 is 0 Å². The minimum atomic E-state index is -4.55. The predicted molar refractivity (Wildman–Crippen MR) is 56.3 cm³/mol. The van der Waals surface area contributed by atoms with E-state index in [0.717, 1.165) is 0 Å². The summed E-state index contributed by atoms with van der Waals surface area (Å²) in [6.07, 6.45) is -4.55. The van der Waals surface area contributed by atoms with Gasteiger partial charge in [0.15, 0.2) is 5.92 Å². The monoisotopic (exact) mass is 263 g/mol. The molecule has 0 aliphatic carbocycles. The number of alkyl halides is 3. The molecule has 1 unspecified atom stereocenters. The van der Waals surface area contributed by atoms with E-state index in [1.807, 2.05) is 0 Å². The molecule has 1 aromatic rings. The van der Waals surface area contributed by atoms with Gasteiger partial charge in [-0.05, 0) is 17.7 Å². The molecule has 17 heavy (non-hydrogen) atoms. The van der Waals surface area contributed by atoms with Crippen LogP contribution in [0.3, 0.4) is 0 Å². The number of halogens is 4. The second-order valence-electron chi connectivity index (χ2n) is 3.36. The third-order valence-corrected chi connectivity index (χ3v) is 2.27. The highest BCUT2D eigenvalue weighted by atomic mass is 35.5. The van der Waals surface area contributed by atoms with Crippen LogP contribution in [-0.4, -0.2) is 12.8 Å². The van der Waals surface area contributed by atoms with E-state index >= 15 is 0 Å². The highest BCUT2D eigenvalue weighted by molar-refractivity contribution is 6.30. The zero-order chi connectivity index (χ0) is 12.9. The van der Waals surface area contributed by atoms with Crippen molar-refractivity contribution >= 4 is 11.6 Å². The van der Waals surface area contributed by atoms with Gasteiger partial charge < -0.3 is 4.74 Å². The van der Waals surface area contributed by atoms with E-state index in [4.69, 9.17) is 21.6 Å². The molecule has 0 aliphatic heterocycles. The Kier molecular flexibility index (Phi) is 4.79. The van der Waals surface area contributed by atoms with Crippen molar-refractivity contribution < 1.29 is 17.9 Å². The van der Waals surface area contributed by atoms with Crippen molar-refractivity contribution in [2.45, 2.75) is 12.8 Å². The van der Waals surface area contributed by atoms with Gasteiger partial charge in [0.25, 0.3) is 0 Å². The van der Waals surface area contributed by atoms with Crippen molar-refractivity contribution in [3.63, 3.8) is 0 Å². The van der Waals surface area contributed by atoms with Crippen LogP contribution in [0.1, 0.15) is 5.56 Å². The largest absolute Gasteiger partial charge is 0.406 e. The summed E-state index contributed by atoms with van der Waals surface area (Å²) in [5, 5.41) is 8.87. The summed E-state index contributed by atoms with van der Waals surface area (Å²) in [6.45, 7) is -0.645. The normalized spacial score (nSPS) is 13.1. The molecule has 0 N–H and O–H groups in total. The minimum absolute atomic E-state index is 0.0193. The maximum atomic E-state index is 12.2. The number of nitrogens with zero attached hydrogens (tertiary/aromatic N) is 1. The molecule has 0 spiro atoms. The quantitative estimate of drug-likeness (QED) is 0.832. The van der Waals surface area contributed by atoms with Crippen LogP contribution in [0.5, 0.6) is 0 Å². The van der Waals surface area contributed by atoms with Gasteiger partial charge in [-0.1, -0.05) is 23.7 Å². The first-order valence-electron chi connectivity index (χ1n) is 4.72. The predicted octanol–water partition coefficient (Wildman–Crippen LogP) is 3.56. The number of hydrogen-bond acceptors (Lipinski definition) is 2. The highest BCUT2D eigenvalue weighted by Gasteiger charge is 2.39. The average molecular weight is 264 g/mol. The lowest BCUT2D eigenvalue weighted by molar-refractivity contribution is -0.172. The summed E-state index contributed by atoms with van der Waals surface area (Å²) in [5.41, 5.74) is 0.702. The van der Waals surface area contributed by atoms with Crippen LogP contribution in [0.2, 0.25) is 5.02 Å². The Morgan fingerprint density at radius 2 is 1.88 bits per heavy atom. The topological polar surface area (TPSA) is 33.0 Å². The molecule has 6 heteroatoms. The number of nitriles is 1. The van der Waals surface area contributed by atoms with Gasteiger partial charge in [-0.25, -0.2) is 0 Å². The standard InChI is InChI=1S/C11H9ClF3NO/c12-10-3-1-8(2-4-10)6-17-7-9(5-16)11(13,14)15/h1-4,9H,6-7H2. The average Bonchev–Trinajstić information content (AvgIpc) is 2.25. The number of benzene rings is 1. The first kappa shape index (κ1) is 13.8. The molecule has 0 aromatic heterocycles. The summed E-state index contributed by atoms with van der Waals surface area (Å²) >= 11 is 5.65. The second kappa shape index (κ2) is 5.89. The van der Waals surface area contributed by atoms with Gasteiger partial charge in [-0.3, -0.25) is 0 Å². The van der Waals surface area contributed by atoms with E-state index in [-0.39, 0.29) is 6.61 Å². The molecule has 0 fully saturated rings. The fourth-order valence-corrected chi connectivity index (χ4v) is 1.21. The Morgan fingerprint density at radius 3 is 2.35 bits per heavy atom. The summed E-state index contributed by atoms with van der Waals surface area (Å²) in [7, 11) is 0. The summed E-state index contributed by atoms with van der Waals surface area (Å²) < 4.78 is 41.4. The third kappa shape index (κ3) is 4.63. The fourth-order valence-electron chi connectivity index (χ4n) is 1.08. The smallest absolute Gasteiger partial charge is 0.375 e. The van der Waals surface area contributed by atoms with Gasteiger partial charge in [0.05, 0.1) is 19.3 Å². The van der Waals surface area contributed by atoms with Crippen LogP contribution in [0.15, 0.2) is 24.3 Å². The highest BCUT2D eigenvalue weighted by Crippen LogP contribution is 2.26. The van der Waals surface area contributed by atoms with E-state index in [9.17, 15) is 13.2 Å². The van der Waals surface area contributed by atoms with Crippen molar-refractivity contribution in [1.29, 1.82) is 5.26 Å². The second-order valence-corrected chi connectivity index (χ2v) is 3.80. The molecule has 1 aromatic carbocycles. The maximum absolute atomic E-state index is 12.2. The molecule has 92 valence electrons. The lowest BCUT2D eigenvalue weighted by atomic mass is 10.2. The molecule has 0 amide bonds. The van der Waals surface area contributed by atoms with E-state index in [1.165, 1.54) is 6.07 Å². The Bertz CT molecular complexity index is 397. The van der Waals surface area contributed by atoms with Gasteiger partial charge in [-0.2, -0.15) is 18.4 Å². The van der Waals surface area contributed by atoms with Crippen molar-refractivity contribution in [3.8, 4) is 6.07 Å². The molecular weight excluding hydrogens is 255 g/mol. The number of hydrogen-bond donors (Lipinski definition) is 0. The number of ether oxygens (including phenoxy) is 1. The van der Waals surface area contributed by atoms with Crippen LogP contribution >= 0.6 is 11.6 Å². The molecular formula is C11H9ClF3NO. The molecule has 0 aliphatic rings. The molecule has 1 rings (SSSR count). The van der Waals surface area contributed by atoms with Crippen molar-refractivity contribution in [3.05, 3.63) is 34.9 Å². The molecule has 0 radical (unpaired) electrons. The Morgan fingerprint density at radius 1 is 1.29 bits per heavy atom. The van der Waals surface area contributed by atoms with Gasteiger partial charge in [0, 0.05) is 5.02 Å². The van der Waals surface area contributed by atoms with Crippen LogP contribution in [-0.2, 0) is 11.3 Å². The van der Waals surface area contributed by atoms with Crippen molar-refractivity contribution in [2.24, 2.45) is 5.92 Å². The molecule has 0 saturated heterocycles. The van der Waals surface area contributed by atoms with Crippen LogP contribution in [0.25, 0.3) is 0 Å². The SMILES string of the molecule is N#CC(COCc1ccc(Cl)cc1)C(F)(F)F. The number of rotatable bonds is 4. The van der Waals surface area contributed by atoms with Crippen LogP contribution in [0.4, 0.5) is 13.2 Å². The van der Waals surface area contributed by atoms with E-state index < -0.39 is 18.7 Å². The third-order valence-electron chi connectivity index (χ3n) is 2.02. The zero-order valence-corrected chi connectivity index (χ0v) is 9.42. The maximum Gasteiger partial charge on any atom is 0.406 e. The van der Waals surface area contributed by atoms with E-state index in [2.05, 4.69) is 0 Å². The van der Waals surface area contributed by atoms with Gasteiger partial charge in [0.1, 0.15) is 0 Å². The molecule has 2 nitrogen and oxygen atoms in total. The molecule has 1 atom stereocenters. The lowest BCUT2D eigenvalue weighted by Gasteiger charge is -2.13. The lowest BCUT2D eigenvalue weighted by Crippen LogP contribution is -2.25.